The van der Waals surface area contributed by atoms with Gasteiger partial charge in [-0.3, -0.25) is 9.59 Å². The Morgan fingerprint density at radius 2 is 1.84 bits per heavy atom. The molecule has 0 bridgehead atoms. The highest BCUT2D eigenvalue weighted by molar-refractivity contribution is 9.10. The molecule has 0 atom stereocenters. The van der Waals surface area contributed by atoms with E-state index >= 15 is 0 Å². The molecule has 0 unspecified atom stereocenters. The highest BCUT2D eigenvalue weighted by Crippen LogP contribution is 2.29. The molecule has 4 aromatic rings. The molecule has 0 aliphatic heterocycles. The molecular weight excluding hydrogens is 474 g/mol. The number of benzene rings is 3. The number of ether oxygens (including phenoxy) is 2. The summed E-state index contributed by atoms with van der Waals surface area (Å²) in [4.78, 5) is 25.1. The molecular formula is C25H20BrNO5. The summed E-state index contributed by atoms with van der Waals surface area (Å²) in [6.07, 6.45) is 1.26. The summed E-state index contributed by atoms with van der Waals surface area (Å²) in [5.74, 6) is 0.716. The fourth-order valence-electron chi connectivity index (χ4n) is 3.12. The molecule has 32 heavy (non-hydrogen) atoms. The molecule has 0 spiro atoms. The molecule has 0 aliphatic carbocycles. The van der Waals surface area contributed by atoms with Crippen LogP contribution in [0.3, 0.4) is 0 Å². The zero-order valence-electron chi connectivity index (χ0n) is 17.5. The monoisotopic (exact) mass is 493 g/mol. The summed E-state index contributed by atoms with van der Waals surface area (Å²) in [5.41, 5.74) is 2.88. The SMILES string of the molecule is Cc1cccc(NC(=O)COc2ccc3c(=O)c(Oc4ccccc4Br)coc3c2)c1C. The number of carbonyl (C=O) groups excluding carboxylic acids is 1. The van der Waals surface area contributed by atoms with Crippen molar-refractivity contribution < 1.29 is 18.7 Å². The lowest BCUT2D eigenvalue weighted by molar-refractivity contribution is -0.118. The molecule has 1 N–H and O–H groups in total. The molecule has 1 aromatic heterocycles. The summed E-state index contributed by atoms with van der Waals surface area (Å²) < 4.78 is 17.6. The van der Waals surface area contributed by atoms with Gasteiger partial charge >= 0.3 is 0 Å². The van der Waals surface area contributed by atoms with Gasteiger partial charge in [0, 0.05) is 11.8 Å². The van der Waals surface area contributed by atoms with Gasteiger partial charge in [-0.05, 0) is 71.2 Å². The molecule has 3 aromatic carbocycles. The standard InChI is InChI=1S/C25H20BrNO5/c1-15-6-5-8-20(16(15)2)27-24(28)14-30-17-10-11-18-22(12-17)31-13-23(25(18)29)32-21-9-4-3-7-19(21)26/h3-13H,14H2,1-2H3,(H,27,28). The van der Waals surface area contributed by atoms with Crippen LogP contribution in [0.15, 0.2) is 80.6 Å². The van der Waals surface area contributed by atoms with Crippen LogP contribution in [-0.4, -0.2) is 12.5 Å². The van der Waals surface area contributed by atoms with Crippen LogP contribution < -0.4 is 20.2 Å². The third kappa shape index (κ3) is 4.68. The van der Waals surface area contributed by atoms with Gasteiger partial charge in [-0.2, -0.15) is 0 Å². The van der Waals surface area contributed by atoms with Gasteiger partial charge in [0.1, 0.15) is 23.3 Å². The second kappa shape index (κ2) is 9.28. The fourth-order valence-corrected chi connectivity index (χ4v) is 3.48. The number of hydrogen-bond donors (Lipinski definition) is 1. The van der Waals surface area contributed by atoms with Crippen molar-refractivity contribution in [1.82, 2.24) is 0 Å². The van der Waals surface area contributed by atoms with E-state index in [2.05, 4.69) is 21.2 Å². The van der Waals surface area contributed by atoms with Crippen LogP contribution in [0, 0.1) is 13.8 Å². The number of rotatable bonds is 6. The molecule has 1 heterocycles. The quantitative estimate of drug-likeness (QED) is 0.357. The first kappa shape index (κ1) is 21.6. The van der Waals surface area contributed by atoms with Gasteiger partial charge in [-0.25, -0.2) is 0 Å². The van der Waals surface area contributed by atoms with E-state index in [0.29, 0.717) is 22.5 Å². The predicted octanol–water partition coefficient (Wildman–Crippen LogP) is 5.98. The largest absolute Gasteiger partial charge is 0.484 e. The summed E-state index contributed by atoms with van der Waals surface area (Å²) in [6, 6.07) is 17.7. The van der Waals surface area contributed by atoms with Gasteiger partial charge in [0.25, 0.3) is 5.91 Å². The first-order chi connectivity index (χ1) is 15.4. The summed E-state index contributed by atoms with van der Waals surface area (Å²) >= 11 is 3.39. The third-order valence-corrected chi connectivity index (χ3v) is 5.67. The molecule has 0 saturated carbocycles. The molecule has 1 amide bonds. The van der Waals surface area contributed by atoms with Crippen LogP contribution >= 0.6 is 15.9 Å². The van der Waals surface area contributed by atoms with Crippen LogP contribution in [0.25, 0.3) is 11.0 Å². The van der Waals surface area contributed by atoms with Gasteiger partial charge < -0.3 is 19.2 Å². The maximum atomic E-state index is 12.8. The van der Waals surface area contributed by atoms with E-state index < -0.39 is 0 Å². The lowest BCUT2D eigenvalue weighted by atomic mass is 10.1. The summed E-state index contributed by atoms with van der Waals surface area (Å²) in [7, 11) is 0. The van der Waals surface area contributed by atoms with Crippen molar-refractivity contribution in [3.63, 3.8) is 0 Å². The highest BCUT2D eigenvalue weighted by Gasteiger charge is 2.12. The second-order valence-corrected chi connectivity index (χ2v) is 8.06. The lowest BCUT2D eigenvalue weighted by Gasteiger charge is -2.11. The minimum atomic E-state index is -0.304. The highest BCUT2D eigenvalue weighted by atomic mass is 79.9. The Kier molecular flexibility index (Phi) is 6.28. The Morgan fingerprint density at radius 1 is 1.03 bits per heavy atom. The first-order valence-corrected chi connectivity index (χ1v) is 10.7. The maximum absolute atomic E-state index is 12.8. The van der Waals surface area contributed by atoms with Crippen LogP contribution in [0.1, 0.15) is 11.1 Å². The molecule has 0 radical (unpaired) electrons. The van der Waals surface area contributed by atoms with Gasteiger partial charge in [0.2, 0.25) is 11.2 Å². The Labute approximate surface area is 192 Å². The Hall–Kier alpha value is -3.58. The fraction of sp³-hybridized carbons (Fsp3) is 0.120. The molecule has 4 rings (SSSR count). The van der Waals surface area contributed by atoms with Crippen molar-refractivity contribution in [3.05, 3.63) is 92.7 Å². The maximum Gasteiger partial charge on any atom is 0.262 e. The third-order valence-electron chi connectivity index (χ3n) is 5.02. The van der Waals surface area contributed by atoms with E-state index in [9.17, 15) is 9.59 Å². The Balaban J connectivity index is 1.47. The Morgan fingerprint density at radius 3 is 2.66 bits per heavy atom. The number of para-hydroxylation sites is 1. The smallest absolute Gasteiger partial charge is 0.262 e. The van der Waals surface area contributed by atoms with E-state index in [4.69, 9.17) is 13.9 Å². The zero-order valence-corrected chi connectivity index (χ0v) is 19.1. The minimum Gasteiger partial charge on any atom is -0.484 e. The number of aryl methyl sites for hydroxylation is 1. The molecule has 6 nitrogen and oxygen atoms in total. The molecule has 0 saturated heterocycles. The van der Waals surface area contributed by atoms with E-state index in [1.807, 2.05) is 50.2 Å². The molecule has 162 valence electrons. The molecule has 0 fully saturated rings. The van der Waals surface area contributed by atoms with Crippen molar-refractivity contribution in [2.24, 2.45) is 0 Å². The van der Waals surface area contributed by atoms with E-state index in [-0.39, 0.29) is 23.7 Å². The van der Waals surface area contributed by atoms with Gasteiger partial charge in [0.05, 0.1) is 9.86 Å². The van der Waals surface area contributed by atoms with Crippen LogP contribution in [0.2, 0.25) is 0 Å². The van der Waals surface area contributed by atoms with Crippen molar-refractivity contribution >= 4 is 38.5 Å². The van der Waals surface area contributed by atoms with Crippen molar-refractivity contribution in [3.8, 4) is 17.2 Å². The first-order valence-electron chi connectivity index (χ1n) is 9.89. The number of nitrogens with one attached hydrogen (secondary N) is 1. The van der Waals surface area contributed by atoms with Crippen LogP contribution in [0.4, 0.5) is 5.69 Å². The topological polar surface area (TPSA) is 77.8 Å². The van der Waals surface area contributed by atoms with Gasteiger partial charge in [0.15, 0.2) is 6.61 Å². The minimum absolute atomic E-state index is 0.0750. The number of hydrogen-bond acceptors (Lipinski definition) is 5. The number of fused-ring (bicyclic) bond motifs is 1. The zero-order chi connectivity index (χ0) is 22.7. The lowest BCUT2D eigenvalue weighted by Crippen LogP contribution is -2.20. The molecule has 0 aliphatic rings. The second-order valence-electron chi connectivity index (χ2n) is 7.20. The number of carbonyl (C=O) groups is 1. The van der Waals surface area contributed by atoms with Crippen molar-refractivity contribution in [2.45, 2.75) is 13.8 Å². The summed E-state index contributed by atoms with van der Waals surface area (Å²) in [6.45, 7) is 3.76. The Bertz CT molecular complexity index is 1360. The average molecular weight is 494 g/mol. The predicted molar refractivity (Wildman–Crippen MR) is 127 cm³/mol. The van der Waals surface area contributed by atoms with Crippen molar-refractivity contribution in [1.29, 1.82) is 0 Å². The van der Waals surface area contributed by atoms with E-state index in [1.54, 1.807) is 24.3 Å². The molecule has 7 heteroatoms. The van der Waals surface area contributed by atoms with E-state index in [1.165, 1.54) is 6.26 Å². The number of anilines is 1. The van der Waals surface area contributed by atoms with Crippen LogP contribution in [0.5, 0.6) is 17.2 Å². The van der Waals surface area contributed by atoms with E-state index in [0.717, 1.165) is 21.3 Å². The van der Waals surface area contributed by atoms with Gasteiger partial charge in [-0.1, -0.05) is 24.3 Å². The number of halogens is 1. The van der Waals surface area contributed by atoms with Crippen LogP contribution in [-0.2, 0) is 4.79 Å². The normalized spacial score (nSPS) is 10.7. The van der Waals surface area contributed by atoms with Gasteiger partial charge in [-0.15, -0.1) is 0 Å². The summed E-state index contributed by atoms with van der Waals surface area (Å²) in [5, 5.41) is 3.19. The average Bonchev–Trinajstić information content (AvgIpc) is 2.79. The number of amides is 1. The van der Waals surface area contributed by atoms with Crippen molar-refractivity contribution in [2.75, 3.05) is 11.9 Å².